The average molecular weight is 576 g/mol. The molecule has 40 heavy (non-hydrogen) atoms. The molecule has 206 valence electrons. The second-order valence-electron chi connectivity index (χ2n) is 11.2. The number of fused-ring (bicyclic) bond motifs is 9. The highest BCUT2D eigenvalue weighted by Gasteiger charge is 2.69. The van der Waals surface area contributed by atoms with Gasteiger partial charge in [0.2, 0.25) is 11.8 Å². The van der Waals surface area contributed by atoms with Gasteiger partial charge in [0.05, 0.1) is 34.7 Å². The minimum Gasteiger partial charge on any atom is -0.462 e. The number of aromatic nitrogens is 1. The summed E-state index contributed by atoms with van der Waals surface area (Å²) in [6.07, 6.45) is 0.843. The summed E-state index contributed by atoms with van der Waals surface area (Å²) in [4.78, 5) is 59.8. The largest absolute Gasteiger partial charge is 0.462 e. The molecule has 2 saturated carbocycles. The highest BCUT2D eigenvalue weighted by molar-refractivity contribution is 8.00. The van der Waals surface area contributed by atoms with Gasteiger partial charge in [-0.05, 0) is 73.1 Å². The Labute approximate surface area is 239 Å². The van der Waals surface area contributed by atoms with Gasteiger partial charge < -0.3 is 14.6 Å². The molecule has 8 nitrogen and oxygen atoms in total. The summed E-state index contributed by atoms with van der Waals surface area (Å²) in [5.41, 5.74) is 3.12. The number of esters is 1. The van der Waals surface area contributed by atoms with Crippen LogP contribution in [-0.2, 0) is 14.3 Å². The Morgan fingerprint density at radius 1 is 1.00 bits per heavy atom. The van der Waals surface area contributed by atoms with Gasteiger partial charge in [-0.25, -0.2) is 4.79 Å². The zero-order chi connectivity index (χ0) is 27.9. The van der Waals surface area contributed by atoms with Crippen LogP contribution in [0.25, 0.3) is 0 Å². The van der Waals surface area contributed by atoms with Gasteiger partial charge in [0, 0.05) is 35.8 Å². The molecule has 3 fully saturated rings. The van der Waals surface area contributed by atoms with Gasteiger partial charge in [0.1, 0.15) is 0 Å². The van der Waals surface area contributed by atoms with Crippen molar-refractivity contribution in [2.75, 3.05) is 30.5 Å². The summed E-state index contributed by atoms with van der Waals surface area (Å²) in [6.45, 7) is 2.02. The van der Waals surface area contributed by atoms with Crippen LogP contribution in [0.4, 0.5) is 11.4 Å². The lowest BCUT2D eigenvalue weighted by molar-refractivity contribution is -0.123. The first-order valence-electron chi connectivity index (χ1n) is 13.6. The topological polar surface area (TPSA) is 99.8 Å². The fraction of sp³-hybridized carbons (Fsp3) is 0.400. The number of thioether (sulfide) groups is 1. The van der Waals surface area contributed by atoms with Gasteiger partial charge in [0.25, 0.3) is 0 Å². The van der Waals surface area contributed by atoms with Crippen LogP contribution in [0.3, 0.4) is 0 Å². The maximum atomic E-state index is 13.9. The van der Waals surface area contributed by atoms with Crippen LogP contribution in [-0.4, -0.2) is 48.7 Å². The average Bonchev–Trinajstić information content (AvgIpc) is 3.67. The predicted molar refractivity (Wildman–Crippen MR) is 154 cm³/mol. The normalized spacial score (nSPS) is 29.8. The van der Waals surface area contributed by atoms with E-state index < -0.39 is 5.97 Å². The molecule has 7 atom stereocenters. The number of nitrogens with one attached hydrogen (secondary N) is 1. The SMILES string of the molecule is CCOC(=O)c1ccc(N2C(=O)C3C4CC(C3C2=O)C2C4Sc3[nH]c(=O)sc3[C@@H]2c2ccc(N(C)C)cc2)cc1. The van der Waals surface area contributed by atoms with Crippen LogP contribution in [0.1, 0.15) is 40.1 Å². The van der Waals surface area contributed by atoms with Crippen LogP contribution in [0.15, 0.2) is 58.4 Å². The molecule has 2 amide bonds. The molecule has 4 aliphatic rings. The molecule has 2 bridgehead atoms. The smallest absolute Gasteiger partial charge is 0.338 e. The molecular weight excluding hydrogens is 546 g/mol. The van der Waals surface area contributed by atoms with Crippen LogP contribution in [0, 0.1) is 29.6 Å². The summed E-state index contributed by atoms with van der Waals surface area (Å²) in [5, 5.41) is 1.05. The van der Waals surface area contributed by atoms with Crippen molar-refractivity contribution in [1.82, 2.24) is 4.98 Å². The van der Waals surface area contributed by atoms with Gasteiger partial charge in [-0.1, -0.05) is 23.5 Å². The lowest BCUT2D eigenvalue weighted by Crippen LogP contribution is -2.42. The predicted octanol–water partition coefficient (Wildman–Crippen LogP) is 4.36. The van der Waals surface area contributed by atoms with E-state index >= 15 is 0 Å². The van der Waals surface area contributed by atoms with Crippen LogP contribution >= 0.6 is 23.1 Å². The van der Waals surface area contributed by atoms with E-state index in [-0.39, 0.29) is 64.1 Å². The van der Waals surface area contributed by atoms with Gasteiger partial charge in [-0.15, -0.1) is 11.8 Å². The molecule has 0 spiro atoms. The zero-order valence-electron chi connectivity index (χ0n) is 22.3. The molecule has 1 aromatic heterocycles. The third kappa shape index (κ3) is 3.65. The number of hydrogen-bond donors (Lipinski definition) is 1. The third-order valence-electron chi connectivity index (χ3n) is 9.13. The number of rotatable bonds is 5. The molecule has 3 aromatic rings. The number of amides is 2. The fourth-order valence-corrected chi connectivity index (χ4v) is 10.5. The Bertz CT molecular complexity index is 1580. The lowest BCUT2D eigenvalue weighted by Gasteiger charge is -2.43. The van der Waals surface area contributed by atoms with Crippen LogP contribution < -0.4 is 14.7 Å². The summed E-state index contributed by atoms with van der Waals surface area (Å²) in [6, 6.07) is 15.0. The number of benzene rings is 2. The Morgan fingerprint density at radius 2 is 1.68 bits per heavy atom. The van der Waals surface area contributed by atoms with E-state index in [1.807, 2.05) is 14.1 Å². The molecule has 1 saturated heterocycles. The van der Waals surface area contributed by atoms with E-state index in [0.29, 0.717) is 11.3 Å². The molecule has 2 aromatic carbocycles. The van der Waals surface area contributed by atoms with Crippen molar-refractivity contribution in [2.45, 2.75) is 29.5 Å². The van der Waals surface area contributed by atoms with E-state index in [1.54, 1.807) is 43.0 Å². The zero-order valence-corrected chi connectivity index (χ0v) is 24.0. The van der Waals surface area contributed by atoms with E-state index in [4.69, 9.17) is 4.74 Å². The Balaban J connectivity index is 1.24. The maximum Gasteiger partial charge on any atom is 0.338 e. The highest BCUT2D eigenvalue weighted by Crippen LogP contribution is 2.68. The van der Waals surface area contributed by atoms with E-state index in [9.17, 15) is 19.2 Å². The molecule has 3 heterocycles. The quantitative estimate of drug-likeness (QED) is 0.357. The minimum atomic E-state index is -0.431. The molecule has 7 rings (SSSR count). The molecule has 10 heteroatoms. The molecule has 6 unspecified atom stereocenters. The second-order valence-corrected chi connectivity index (χ2v) is 13.4. The number of carbonyl (C=O) groups excluding carboxylic acids is 3. The maximum absolute atomic E-state index is 13.9. The fourth-order valence-electron chi connectivity index (χ4n) is 7.59. The number of H-pyrrole nitrogens is 1. The van der Waals surface area contributed by atoms with Crippen molar-refractivity contribution >= 4 is 52.3 Å². The van der Waals surface area contributed by atoms with Crippen molar-refractivity contribution in [3.8, 4) is 0 Å². The number of ether oxygens (including phenoxy) is 1. The van der Waals surface area contributed by atoms with Gasteiger partial charge >= 0.3 is 10.8 Å². The van der Waals surface area contributed by atoms with Crippen LogP contribution in [0.2, 0.25) is 0 Å². The van der Waals surface area contributed by atoms with Crippen molar-refractivity contribution < 1.29 is 19.1 Å². The van der Waals surface area contributed by atoms with E-state index in [1.165, 1.54) is 16.2 Å². The van der Waals surface area contributed by atoms with E-state index in [2.05, 4.69) is 34.1 Å². The monoisotopic (exact) mass is 575 g/mol. The summed E-state index contributed by atoms with van der Waals surface area (Å²) in [5.74, 6) is -1.20. The summed E-state index contributed by atoms with van der Waals surface area (Å²) in [7, 11) is 4.01. The van der Waals surface area contributed by atoms with Gasteiger partial charge in [-0.3, -0.25) is 19.3 Å². The number of aromatic amines is 1. The summed E-state index contributed by atoms with van der Waals surface area (Å²) < 4.78 is 5.07. The molecular formula is C30H29N3O5S2. The number of thiazole rings is 1. The third-order valence-corrected chi connectivity index (χ3v) is 11.7. The number of nitrogens with zero attached hydrogens (tertiary/aromatic N) is 2. The van der Waals surface area contributed by atoms with Gasteiger partial charge in [0.15, 0.2) is 0 Å². The molecule has 2 aliphatic heterocycles. The molecule has 0 radical (unpaired) electrons. The first-order chi connectivity index (χ1) is 19.3. The van der Waals surface area contributed by atoms with Crippen LogP contribution in [0.5, 0.6) is 0 Å². The lowest BCUT2D eigenvalue weighted by atomic mass is 9.68. The molecule has 1 N–H and O–H groups in total. The molecule has 2 aliphatic carbocycles. The first kappa shape index (κ1) is 25.6. The Kier molecular flexibility index (Phi) is 5.98. The van der Waals surface area contributed by atoms with Gasteiger partial charge in [-0.2, -0.15) is 0 Å². The van der Waals surface area contributed by atoms with Crippen molar-refractivity contribution in [2.24, 2.45) is 29.6 Å². The Morgan fingerprint density at radius 3 is 2.33 bits per heavy atom. The van der Waals surface area contributed by atoms with Crippen molar-refractivity contribution in [1.29, 1.82) is 0 Å². The number of hydrogen-bond acceptors (Lipinski definition) is 8. The second kappa shape index (κ2) is 9.34. The summed E-state index contributed by atoms with van der Waals surface area (Å²) >= 11 is 2.96. The van der Waals surface area contributed by atoms with Crippen molar-refractivity contribution in [3.63, 3.8) is 0 Å². The first-order valence-corrected chi connectivity index (χ1v) is 15.3. The van der Waals surface area contributed by atoms with E-state index in [0.717, 1.165) is 27.6 Å². The number of anilines is 2. The number of imide groups is 1. The Hall–Kier alpha value is -3.37. The standard InChI is InChI=1S/C30H29N3O5S2/c1-4-38-29(36)15-7-11-17(12-8-15)33-27(34)22-18-13-19(23(22)28(33)35)24-21(18)20(25-26(39-24)31-30(37)40-25)14-5-9-16(10-6-14)32(2)3/h5-12,18-24H,4,13H2,1-3H3,(H,31,37)/t18?,19?,20-,21?,22?,23?,24?/m1/s1. The number of carbonyl (C=O) groups is 3. The highest BCUT2D eigenvalue weighted by atomic mass is 32.2. The van der Waals surface area contributed by atoms with Crippen molar-refractivity contribution in [3.05, 3.63) is 74.2 Å². The minimum absolute atomic E-state index is 0.00169.